The highest BCUT2D eigenvalue weighted by atomic mass is 19.4. The Kier molecular flexibility index (Phi) is 3.66. The average Bonchev–Trinajstić information content (AvgIpc) is 2.25. The van der Waals surface area contributed by atoms with Crippen molar-refractivity contribution in [3.63, 3.8) is 0 Å². The summed E-state index contributed by atoms with van der Waals surface area (Å²) < 4.78 is 37.6. The first-order chi connectivity index (χ1) is 8.88. The van der Waals surface area contributed by atoms with E-state index in [1.54, 1.807) is 7.05 Å². The largest absolute Gasteiger partial charge is 0.416 e. The predicted molar refractivity (Wildman–Crippen MR) is 64.9 cm³/mol. The molecule has 0 saturated carbocycles. The zero-order valence-corrected chi connectivity index (χ0v) is 10.3. The number of urea groups is 1. The van der Waals surface area contributed by atoms with E-state index in [0.29, 0.717) is 13.1 Å². The number of benzene rings is 1. The molecule has 2 N–H and O–H groups in total. The SMILES string of the molecule is CN(C(=O)Nc1cccc(C(F)(F)F)c1)C1CNC1. The van der Waals surface area contributed by atoms with Gasteiger partial charge in [0.05, 0.1) is 11.6 Å². The van der Waals surface area contributed by atoms with Crippen LogP contribution < -0.4 is 10.6 Å². The Labute approximate surface area is 108 Å². The highest BCUT2D eigenvalue weighted by Crippen LogP contribution is 2.30. The van der Waals surface area contributed by atoms with Gasteiger partial charge < -0.3 is 15.5 Å². The second kappa shape index (κ2) is 5.08. The van der Waals surface area contributed by atoms with Crippen molar-refractivity contribution in [2.24, 2.45) is 0 Å². The van der Waals surface area contributed by atoms with E-state index < -0.39 is 17.8 Å². The van der Waals surface area contributed by atoms with Crippen LogP contribution in [0.4, 0.5) is 23.7 Å². The minimum atomic E-state index is -4.41. The van der Waals surface area contributed by atoms with Crippen LogP contribution >= 0.6 is 0 Å². The van der Waals surface area contributed by atoms with Gasteiger partial charge in [0.25, 0.3) is 0 Å². The predicted octanol–water partition coefficient (Wildman–Crippen LogP) is 2.14. The molecular weight excluding hydrogens is 259 g/mol. The van der Waals surface area contributed by atoms with Gasteiger partial charge in [-0.3, -0.25) is 0 Å². The molecule has 1 aliphatic heterocycles. The van der Waals surface area contributed by atoms with Crippen LogP contribution in [0.5, 0.6) is 0 Å². The van der Waals surface area contributed by atoms with Crippen LogP contribution in [0.3, 0.4) is 0 Å². The lowest BCUT2D eigenvalue weighted by molar-refractivity contribution is -0.137. The Balaban J connectivity index is 2.04. The van der Waals surface area contributed by atoms with Crippen LogP contribution in [0, 0.1) is 0 Å². The van der Waals surface area contributed by atoms with E-state index in [9.17, 15) is 18.0 Å². The number of hydrogen-bond acceptors (Lipinski definition) is 2. The molecule has 19 heavy (non-hydrogen) atoms. The Morgan fingerprint density at radius 3 is 2.63 bits per heavy atom. The van der Waals surface area contributed by atoms with E-state index in [-0.39, 0.29) is 11.7 Å². The number of nitrogens with one attached hydrogen (secondary N) is 2. The third kappa shape index (κ3) is 3.17. The fourth-order valence-electron chi connectivity index (χ4n) is 1.70. The topological polar surface area (TPSA) is 44.4 Å². The number of nitrogens with zero attached hydrogens (tertiary/aromatic N) is 1. The van der Waals surface area contributed by atoms with E-state index in [4.69, 9.17) is 0 Å². The molecular formula is C12H14F3N3O. The molecule has 1 aromatic carbocycles. The second-order valence-electron chi connectivity index (χ2n) is 4.43. The highest BCUT2D eigenvalue weighted by molar-refractivity contribution is 5.89. The van der Waals surface area contributed by atoms with Gasteiger partial charge in [0.2, 0.25) is 0 Å². The normalized spacial score (nSPS) is 15.8. The van der Waals surface area contributed by atoms with Crippen molar-refractivity contribution in [3.8, 4) is 0 Å². The second-order valence-corrected chi connectivity index (χ2v) is 4.43. The number of halogens is 3. The number of amides is 2. The Bertz CT molecular complexity index is 472. The fraction of sp³-hybridized carbons (Fsp3) is 0.417. The Morgan fingerprint density at radius 1 is 1.42 bits per heavy atom. The maximum absolute atomic E-state index is 12.5. The first kappa shape index (κ1) is 13.7. The van der Waals surface area contributed by atoms with Crippen LogP contribution in [0.1, 0.15) is 5.56 Å². The van der Waals surface area contributed by atoms with Crippen molar-refractivity contribution in [3.05, 3.63) is 29.8 Å². The number of carbonyl (C=O) groups is 1. The molecule has 2 amide bonds. The quantitative estimate of drug-likeness (QED) is 0.867. The summed E-state index contributed by atoms with van der Waals surface area (Å²) in [5.41, 5.74) is -0.641. The molecule has 0 aliphatic carbocycles. The average molecular weight is 273 g/mol. The van der Waals surface area contributed by atoms with Crippen LogP contribution in [-0.4, -0.2) is 37.1 Å². The summed E-state index contributed by atoms with van der Waals surface area (Å²) in [4.78, 5) is 13.3. The van der Waals surface area contributed by atoms with Crippen LogP contribution in [0.2, 0.25) is 0 Å². The van der Waals surface area contributed by atoms with Crippen LogP contribution in [-0.2, 0) is 6.18 Å². The number of likely N-dealkylation sites (N-methyl/N-ethyl adjacent to an activating group) is 1. The molecule has 1 aromatic rings. The molecule has 0 aromatic heterocycles. The molecule has 1 saturated heterocycles. The third-order valence-electron chi connectivity index (χ3n) is 3.07. The van der Waals surface area contributed by atoms with Crippen molar-refractivity contribution in [1.29, 1.82) is 0 Å². The Morgan fingerprint density at radius 2 is 2.11 bits per heavy atom. The van der Waals surface area contributed by atoms with E-state index in [0.717, 1.165) is 12.1 Å². The minimum absolute atomic E-state index is 0.0887. The number of rotatable bonds is 2. The van der Waals surface area contributed by atoms with E-state index >= 15 is 0 Å². The molecule has 0 atom stereocenters. The summed E-state index contributed by atoms with van der Waals surface area (Å²) >= 11 is 0. The minimum Gasteiger partial charge on any atom is -0.322 e. The van der Waals surface area contributed by atoms with Gasteiger partial charge >= 0.3 is 12.2 Å². The summed E-state index contributed by atoms with van der Waals surface area (Å²) in [6, 6.07) is 4.26. The maximum Gasteiger partial charge on any atom is 0.416 e. The summed E-state index contributed by atoms with van der Waals surface area (Å²) in [6.07, 6.45) is -4.41. The zero-order valence-electron chi connectivity index (χ0n) is 10.3. The lowest BCUT2D eigenvalue weighted by atomic mass is 10.1. The lowest BCUT2D eigenvalue weighted by Gasteiger charge is -2.35. The van der Waals surface area contributed by atoms with Crippen molar-refractivity contribution in [2.45, 2.75) is 12.2 Å². The van der Waals surface area contributed by atoms with Gasteiger partial charge in [-0.1, -0.05) is 6.07 Å². The van der Waals surface area contributed by atoms with E-state index in [1.165, 1.54) is 17.0 Å². The van der Waals surface area contributed by atoms with Gasteiger partial charge in [0.15, 0.2) is 0 Å². The number of carbonyl (C=O) groups excluding carboxylic acids is 1. The van der Waals surface area contributed by atoms with E-state index in [2.05, 4.69) is 10.6 Å². The third-order valence-corrected chi connectivity index (χ3v) is 3.07. The molecule has 1 fully saturated rings. The number of anilines is 1. The zero-order chi connectivity index (χ0) is 14.0. The molecule has 4 nitrogen and oxygen atoms in total. The van der Waals surface area contributed by atoms with Crippen molar-refractivity contribution in [1.82, 2.24) is 10.2 Å². The van der Waals surface area contributed by atoms with Crippen molar-refractivity contribution >= 4 is 11.7 Å². The molecule has 0 spiro atoms. The van der Waals surface area contributed by atoms with Crippen molar-refractivity contribution < 1.29 is 18.0 Å². The van der Waals surface area contributed by atoms with Gasteiger partial charge in [0, 0.05) is 25.8 Å². The number of alkyl halides is 3. The first-order valence-corrected chi connectivity index (χ1v) is 5.80. The van der Waals surface area contributed by atoms with Gasteiger partial charge in [-0.25, -0.2) is 4.79 Å². The molecule has 2 rings (SSSR count). The highest BCUT2D eigenvalue weighted by Gasteiger charge is 2.31. The first-order valence-electron chi connectivity index (χ1n) is 5.80. The molecule has 104 valence electrons. The van der Waals surface area contributed by atoms with Gasteiger partial charge in [0.1, 0.15) is 0 Å². The Hall–Kier alpha value is -1.76. The summed E-state index contributed by atoms with van der Waals surface area (Å²) in [7, 11) is 1.62. The molecule has 0 radical (unpaired) electrons. The summed E-state index contributed by atoms with van der Waals surface area (Å²) in [5.74, 6) is 0. The smallest absolute Gasteiger partial charge is 0.322 e. The van der Waals surface area contributed by atoms with Gasteiger partial charge in [-0.05, 0) is 18.2 Å². The molecule has 0 bridgehead atoms. The summed E-state index contributed by atoms with van der Waals surface area (Å²) in [5, 5.41) is 5.48. The molecule has 0 unspecified atom stereocenters. The van der Waals surface area contributed by atoms with Crippen LogP contribution in [0.15, 0.2) is 24.3 Å². The maximum atomic E-state index is 12.5. The molecule has 1 aliphatic rings. The number of hydrogen-bond donors (Lipinski definition) is 2. The molecule has 1 heterocycles. The van der Waals surface area contributed by atoms with Crippen LogP contribution in [0.25, 0.3) is 0 Å². The monoisotopic (exact) mass is 273 g/mol. The summed E-state index contributed by atoms with van der Waals surface area (Å²) in [6.45, 7) is 1.40. The van der Waals surface area contributed by atoms with E-state index in [1.807, 2.05) is 0 Å². The standard InChI is InChI=1S/C12H14F3N3O/c1-18(10-6-16-7-10)11(19)17-9-4-2-3-8(5-9)12(13,14)15/h2-5,10,16H,6-7H2,1H3,(H,17,19). The lowest BCUT2D eigenvalue weighted by Crippen LogP contribution is -2.58. The van der Waals surface area contributed by atoms with Crippen molar-refractivity contribution in [2.75, 3.05) is 25.5 Å². The van der Waals surface area contributed by atoms with Gasteiger partial charge in [-0.2, -0.15) is 13.2 Å². The molecule has 7 heteroatoms. The van der Waals surface area contributed by atoms with Gasteiger partial charge in [-0.15, -0.1) is 0 Å². The fourth-order valence-corrected chi connectivity index (χ4v) is 1.70.